The van der Waals surface area contributed by atoms with Crippen LogP contribution in [0.15, 0.2) is 30.6 Å². The number of aliphatic hydroxyl groups is 1. The molecule has 5 nitrogen and oxygen atoms in total. The molecule has 1 aromatic heterocycles. The van der Waals surface area contributed by atoms with Gasteiger partial charge in [-0.15, -0.1) is 0 Å². The number of halogens is 1. The van der Waals surface area contributed by atoms with Gasteiger partial charge in [0.05, 0.1) is 19.8 Å². The molecule has 0 radical (unpaired) electrons. The number of rotatable bonds is 4. The van der Waals surface area contributed by atoms with Crippen molar-refractivity contribution in [3.63, 3.8) is 0 Å². The quantitative estimate of drug-likeness (QED) is 0.925. The van der Waals surface area contributed by atoms with Gasteiger partial charge in [-0.2, -0.15) is 0 Å². The Morgan fingerprint density at radius 3 is 2.50 bits per heavy atom. The maximum Gasteiger partial charge on any atom is 0.238 e. The average molecular weight is 278 g/mol. The molecule has 1 N–H and O–H groups in total. The van der Waals surface area contributed by atoms with Gasteiger partial charge in [-0.25, -0.2) is 9.37 Å². The Labute approximate surface area is 116 Å². The maximum absolute atomic E-state index is 14.1. The molecular weight excluding hydrogens is 263 g/mol. The first-order chi connectivity index (χ1) is 9.52. The number of methoxy groups -OCH3 is 2. The molecule has 2 aromatic rings. The van der Waals surface area contributed by atoms with E-state index in [2.05, 4.69) is 9.97 Å². The predicted molar refractivity (Wildman–Crippen MR) is 70.2 cm³/mol. The zero-order chi connectivity index (χ0) is 14.8. The highest BCUT2D eigenvalue weighted by Gasteiger charge is 2.36. The van der Waals surface area contributed by atoms with E-state index in [1.807, 2.05) is 0 Å². The van der Waals surface area contributed by atoms with Crippen LogP contribution < -0.4 is 9.47 Å². The van der Waals surface area contributed by atoms with E-state index >= 15 is 0 Å². The highest BCUT2D eigenvalue weighted by Crippen LogP contribution is 2.38. The molecule has 0 saturated heterocycles. The minimum Gasteiger partial charge on any atom is -0.496 e. The van der Waals surface area contributed by atoms with Gasteiger partial charge in [0.2, 0.25) is 5.88 Å². The fraction of sp³-hybridized carbons (Fsp3) is 0.286. The van der Waals surface area contributed by atoms with E-state index in [4.69, 9.17) is 9.47 Å². The van der Waals surface area contributed by atoms with Crippen molar-refractivity contribution in [1.82, 2.24) is 9.97 Å². The summed E-state index contributed by atoms with van der Waals surface area (Å²) in [6.45, 7) is 1.42. The number of hydrogen-bond acceptors (Lipinski definition) is 5. The second-order valence-electron chi connectivity index (χ2n) is 4.30. The van der Waals surface area contributed by atoms with Crippen molar-refractivity contribution in [2.75, 3.05) is 14.2 Å². The van der Waals surface area contributed by atoms with Crippen LogP contribution in [0.5, 0.6) is 11.6 Å². The fourth-order valence-electron chi connectivity index (χ4n) is 2.07. The van der Waals surface area contributed by atoms with Crippen LogP contribution in [0.4, 0.5) is 4.39 Å². The van der Waals surface area contributed by atoms with E-state index in [9.17, 15) is 9.50 Å². The smallest absolute Gasteiger partial charge is 0.238 e. The second kappa shape index (κ2) is 5.42. The van der Waals surface area contributed by atoms with Gasteiger partial charge in [0, 0.05) is 12.4 Å². The molecule has 0 bridgehead atoms. The van der Waals surface area contributed by atoms with Gasteiger partial charge in [-0.1, -0.05) is 6.07 Å². The number of ether oxygens (including phenoxy) is 2. The van der Waals surface area contributed by atoms with E-state index in [1.54, 1.807) is 6.07 Å². The summed E-state index contributed by atoms with van der Waals surface area (Å²) in [5, 5.41) is 10.8. The number of benzene rings is 1. The summed E-state index contributed by atoms with van der Waals surface area (Å²) in [5.74, 6) is -0.243. The van der Waals surface area contributed by atoms with Gasteiger partial charge in [0.15, 0.2) is 0 Å². The summed E-state index contributed by atoms with van der Waals surface area (Å²) < 4.78 is 24.3. The van der Waals surface area contributed by atoms with Crippen LogP contribution in [0.1, 0.15) is 18.2 Å². The Kier molecular flexibility index (Phi) is 3.85. The number of nitrogens with zero attached hydrogens (tertiary/aromatic N) is 2. The topological polar surface area (TPSA) is 64.5 Å². The first kappa shape index (κ1) is 14.2. The number of hydrogen-bond donors (Lipinski definition) is 1. The van der Waals surface area contributed by atoms with Crippen LogP contribution in [-0.2, 0) is 5.60 Å². The molecule has 0 saturated carbocycles. The molecular formula is C14H15FN2O3. The molecule has 2 rings (SSSR count). The molecule has 0 aliphatic rings. The minimum absolute atomic E-state index is 0.0127. The SMILES string of the molecule is COc1cccc(F)c1C(C)(O)c1nccnc1OC. The van der Waals surface area contributed by atoms with Crippen molar-refractivity contribution in [1.29, 1.82) is 0 Å². The average Bonchev–Trinajstić information content (AvgIpc) is 2.46. The van der Waals surface area contributed by atoms with Crippen molar-refractivity contribution in [2.24, 2.45) is 0 Å². The van der Waals surface area contributed by atoms with Crippen molar-refractivity contribution >= 4 is 0 Å². The predicted octanol–water partition coefficient (Wildman–Crippen LogP) is 1.89. The van der Waals surface area contributed by atoms with Crippen LogP contribution in [0.3, 0.4) is 0 Å². The van der Waals surface area contributed by atoms with Crippen LogP contribution in [0.2, 0.25) is 0 Å². The molecule has 1 heterocycles. The van der Waals surface area contributed by atoms with E-state index in [1.165, 1.54) is 45.7 Å². The van der Waals surface area contributed by atoms with Crippen LogP contribution in [-0.4, -0.2) is 29.3 Å². The lowest BCUT2D eigenvalue weighted by Gasteiger charge is -2.26. The van der Waals surface area contributed by atoms with Crippen molar-refractivity contribution in [3.8, 4) is 11.6 Å². The Morgan fingerprint density at radius 2 is 1.85 bits per heavy atom. The van der Waals surface area contributed by atoms with Gasteiger partial charge in [-0.05, 0) is 19.1 Å². The molecule has 0 aliphatic carbocycles. The summed E-state index contributed by atoms with van der Waals surface area (Å²) in [7, 11) is 2.81. The molecule has 1 unspecified atom stereocenters. The summed E-state index contributed by atoms with van der Waals surface area (Å²) >= 11 is 0. The normalized spacial score (nSPS) is 13.7. The van der Waals surface area contributed by atoms with Gasteiger partial charge in [-0.3, -0.25) is 4.98 Å². The lowest BCUT2D eigenvalue weighted by molar-refractivity contribution is 0.0856. The van der Waals surface area contributed by atoms with E-state index in [0.717, 1.165) is 0 Å². The summed E-state index contributed by atoms with van der Waals surface area (Å²) in [6.07, 6.45) is 2.83. The summed E-state index contributed by atoms with van der Waals surface area (Å²) in [5.41, 5.74) is -1.64. The largest absolute Gasteiger partial charge is 0.496 e. The minimum atomic E-state index is -1.74. The van der Waals surface area contributed by atoms with Gasteiger partial charge in [0.1, 0.15) is 22.9 Å². The van der Waals surface area contributed by atoms with Crippen LogP contribution in [0.25, 0.3) is 0 Å². The molecule has 0 amide bonds. The molecule has 106 valence electrons. The third-order valence-corrected chi connectivity index (χ3v) is 3.00. The number of aromatic nitrogens is 2. The Bertz CT molecular complexity index is 617. The third-order valence-electron chi connectivity index (χ3n) is 3.00. The van der Waals surface area contributed by atoms with Gasteiger partial charge in [0.25, 0.3) is 0 Å². The first-order valence-electron chi connectivity index (χ1n) is 5.93. The van der Waals surface area contributed by atoms with E-state index < -0.39 is 11.4 Å². The molecule has 1 atom stereocenters. The Hall–Kier alpha value is -2.21. The standard InChI is InChI=1S/C14H15FN2O3/c1-14(18,12-13(20-3)17-8-7-16-12)11-9(15)5-4-6-10(11)19-2/h4-8,18H,1-3H3. The second-order valence-corrected chi connectivity index (χ2v) is 4.30. The van der Waals surface area contributed by atoms with Crippen molar-refractivity contribution in [2.45, 2.75) is 12.5 Å². The molecule has 6 heteroatoms. The van der Waals surface area contributed by atoms with Gasteiger partial charge < -0.3 is 14.6 Å². The van der Waals surface area contributed by atoms with Crippen LogP contribution in [0, 0.1) is 5.82 Å². The zero-order valence-corrected chi connectivity index (χ0v) is 11.4. The molecule has 0 spiro atoms. The third kappa shape index (κ3) is 2.30. The van der Waals surface area contributed by atoms with Gasteiger partial charge >= 0.3 is 0 Å². The van der Waals surface area contributed by atoms with Crippen molar-refractivity contribution < 1.29 is 19.0 Å². The summed E-state index contributed by atoms with van der Waals surface area (Å²) in [6, 6.07) is 4.31. The molecule has 0 fully saturated rings. The highest BCUT2D eigenvalue weighted by atomic mass is 19.1. The molecule has 20 heavy (non-hydrogen) atoms. The maximum atomic E-state index is 14.1. The van der Waals surface area contributed by atoms with Crippen LogP contribution >= 0.6 is 0 Å². The van der Waals surface area contributed by atoms with E-state index in [-0.39, 0.29) is 22.9 Å². The monoisotopic (exact) mass is 278 g/mol. The highest BCUT2D eigenvalue weighted by molar-refractivity contribution is 5.45. The van der Waals surface area contributed by atoms with E-state index in [0.29, 0.717) is 0 Å². The Balaban J connectivity index is 2.66. The molecule has 0 aliphatic heterocycles. The van der Waals surface area contributed by atoms with Crippen molar-refractivity contribution in [3.05, 3.63) is 47.7 Å². The lowest BCUT2D eigenvalue weighted by atomic mass is 9.91. The first-order valence-corrected chi connectivity index (χ1v) is 5.93. The summed E-state index contributed by atoms with van der Waals surface area (Å²) in [4.78, 5) is 8.02. The fourth-order valence-corrected chi connectivity index (χ4v) is 2.07. The Morgan fingerprint density at radius 1 is 1.15 bits per heavy atom. The molecule has 1 aromatic carbocycles. The zero-order valence-electron chi connectivity index (χ0n) is 11.4. The lowest BCUT2D eigenvalue weighted by Crippen LogP contribution is -2.27.